The highest BCUT2D eigenvalue weighted by Gasteiger charge is 2.25. The van der Waals surface area contributed by atoms with Crippen LogP contribution in [0.1, 0.15) is 208 Å². The van der Waals surface area contributed by atoms with Crippen LogP contribution in [-0.4, -0.2) is 0 Å². The largest absolute Gasteiger partial charge is 0.457 e. The molecule has 1 nitrogen and oxygen atoms in total. The van der Waals surface area contributed by atoms with Crippen molar-refractivity contribution >= 4 is 17.2 Å². The number of benzene rings is 2. The van der Waals surface area contributed by atoms with Crippen LogP contribution in [0.15, 0.2) is 181 Å². The molecule has 69 heavy (non-hydrogen) atoms. The van der Waals surface area contributed by atoms with E-state index in [1.165, 1.54) is 74.1 Å². The Morgan fingerprint density at radius 2 is 1.26 bits per heavy atom. The maximum Gasteiger partial charge on any atom is 0.134 e. The standard InChI is InChI=1S/C18H24O.C14H16.C12H16.C12H18.5C2H6.C2H4/c1-5-7-8-9-11-15-12-16-14(4)17(10-6-2)19-18(16)13(15)3;1-4-7-13(8-5-2)14-10-6-9-12(3)11-14;1-4-5-11(3)12-8-6-10(2)7-9-12;1-5-8-11(4)12(9-6-2)10-7-3;6*1-2/h6,8-10H,5,7,11-12H2,1-4H3;4-11H,1H2,2-3H3;4-9,11H,1-3H3;6-10H,2,5H2,1,3-4H3;5*1-2H3;1-2H2/b9-8-,10-6-;8-5-,13-7+;5-4-;10-7-,11-8+,12-9+;;;;;;. The van der Waals surface area contributed by atoms with Gasteiger partial charge in [0.1, 0.15) is 11.5 Å². The molecule has 0 radical (unpaired) electrons. The van der Waals surface area contributed by atoms with Crippen molar-refractivity contribution in [2.45, 2.75) is 190 Å². The molecule has 0 spiro atoms. The second-order valence-electron chi connectivity index (χ2n) is 14.4. The summed E-state index contributed by atoms with van der Waals surface area (Å²) in [5, 5.41) is 0. The summed E-state index contributed by atoms with van der Waals surface area (Å²) in [6.45, 7) is 58.8. The Kier molecular flexibility index (Phi) is 60.1. The van der Waals surface area contributed by atoms with Crippen molar-refractivity contribution in [3.63, 3.8) is 0 Å². The van der Waals surface area contributed by atoms with Crippen LogP contribution >= 0.6 is 0 Å². The number of unbranched alkanes of at least 4 members (excludes halogenated alkanes) is 1. The van der Waals surface area contributed by atoms with Crippen molar-refractivity contribution in [2.24, 2.45) is 0 Å². The minimum Gasteiger partial charge on any atom is -0.457 e. The summed E-state index contributed by atoms with van der Waals surface area (Å²) in [6.07, 6.45) is 36.8. The third kappa shape index (κ3) is 34.5. The molecule has 0 fully saturated rings. The molecule has 0 amide bonds. The average Bonchev–Trinajstić information content (AvgIpc) is 3.87. The van der Waals surface area contributed by atoms with Gasteiger partial charge >= 0.3 is 0 Å². The van der Waals surface area contributed by atoms with E-state index in [-0.39, 0.29) is 0 Å². The van der Waals surface area contributed by atoms with E-state index in [4.69, 9.17) is 4.42 Å². The van der Waals surface area contributed by atoms with Crippen LogP contribution in [0, 0.1) is 20.8 Å². The fourth-order valence-corrected chi connectivity index (χ4v) is 6.33. The number of allylic oxidation sites excluding steroid dienone is 19. The number of fused-ring (bicyclic) bond motifs is 1. The summed E-state index contributed by atoms with van der Waals surface area (Å²) < 4.78 is 6.00. The molecule has 1 aliphatic rings. The van der Waals surface area contributed by atoms with Crippen LogP contribution in [0.4, 0.5) is 0 Å². The van der Waals surface area contributed by atoms with Gasteiger partial charge in [0.05, 0.1) is 0 Å². The topological polar surface area (TPSA) is 13.1 Å². The summed E-state index contributed by atoms with van der Waals surface area (Å²) in [5.41, 5.74) is 14.5. The molecule has 1 unspecified atom stereocenters. The molecular weight excluding hydrogens is 833 g/mol. The van der Waals surface area contributed by atoms with Crippen LogP contribution in [0.2, 0.25) is 0 Å². The van der Waals surface area contributed by atoms with Crippen LogP contribution in [-0.2, 0) is 6.42 Å². The van der Waals surface area contributed by atoms with Crippen molar-refractivity contribution < 1.29 is 4.42 Å². The zero-order chi connectivity index (χ0) is 54.6. The second kappa shape index (κ2) is 55.2. The molecule has 0 saturated heterocycles. The number of aryl methyl sites for hydroxylation is 2. The maximum absolute atomic E-state index is 6.00. The van der Waals surface area contributed by atoms with E-state index in [9.17, 15) is 0 Å². The van der Waals surface area contributed by atoms with Crippen molar-refractivity contribution in [1.29, 1.82) is 0 Å². The minimum absolute atomic E-state index is 0.538. The van der Waals surface area contributed by atoms with Gasteiger partial charge in [0.15, 0.2) is 0 Å². The number of rotatable bonds is 14. The second-order valence-corrected chi connectivity index (χ2v) is 14.4. The molecule has 386 valence electrons. The van der Waals surface area contributed by atoms with E-state index < -0.39 is 0 Å². The summed E-state index contributed by atoms with van der Waals surface area (Å²) >= 11 is 0. The van der Waals surface area contributed by atoms with Gasteiger partial charge in [0, 0.05) is 5.56 Å². The van der Waals surface area contributed by atoms with Crippen molar-refractivity contribution in [1.82, 2.24) is 0 Å². The maximum atomic E-state index is 6.00. The van der Waals surface area contributed by atoms with Gasteiger partial charge in [0.2, 0.25) is 0 Å². The SMILES string of the molecule is C/C=C\C(C)c1ccc(C)cc1.C/C=C\c1oc2c(c1C)CC(C/C=C\CCC)=C2C.C=C.C=C/C=C(\C=C/C)C(/C)=C/CC.C=C/C=C(\C=C/C)c1cccc(C)c1.CC.CC.CC.CC.CC. The van der Waals surface area contributed by atoms with Crippen molar-refractivity contribution in [3.05, 3.63) is 222 Å². The van der Waals surface area contributed by atoms with E-state index >= 15 is 0 Å². The highest BCUT2D eigenvalue weighted by atomic mass is 16.3. The van der Waals surface area contributed by atoms with Gasteiger partial charge < -0.3 is 4.42 Å². The lowest BCUT2D eigenvalue weighted by Gasteiger charge is -2.05. The van der Waals surface area contributed by atoms with Crippen molar-refractivity contribution in [3.8, 4) is 0 Å². The number of hydrogen-bond acceptors (Lipinski definition) is 1. The first kappa shape index (κ1) is 75.1. The highest BCUT2D eigenvalue weighted by molar-refractivity contribution is 5.76. The fourth-order valence-electron chi connectivity index (χ4n) is 6.33. The van der Waals surface area contributed by atoms with Crippen LogP contribution in [0.3, 0.4) is 0 Å². The number of hydrogen-bond donors (Lipinski definition) is 0. The smallest absolute Gasteiger partial charge is 0.134 e. The number of furan rings is 1. The lowest BCUT2D eigenvalue weighted by atomic mass is 10.00. The molecule has 1 aromatic heterocycles. The van der Waals surface area contributed by atoms with Gasteiger partial charge in [-0.2, -0.15) is 0 Å². The Morgan fingerprint density at radius 1 is 0.696 bits per heavy atom. The third-order valence-corrected chi connectivity index (χ3v) is 9.56. The van der Waals surface area contributed by atoms with Crippen molar-refractivity contribution in [2.75, 3.05) is 0 Å². The Balaban J connectivity index is -0.000000181. The first-order valence-corrected chi connectivity index (χ1v) is 26.4. The molecule has 1 aliphatic carbocycles. The molecule has 0 saturated carbocycles. The molecular formula is C68H108O. The van der Waals surface area contributed by atoms with Crippen LogP contribution in [0.25, 0.3) is 17.2 Å². The van der Waals surface area contributed by atoms with Gasteiger partial charge in [-0.1, -0.05) is 260 Å². The van der Waals surface area contributed by atoms with Crippen LogP contribution < -0.4 is 0 Å². The van der Waals surface area contributed by atoms with E-state index in [1.807, 2.05) is 133 Å². The molecule has 0 aliphatic heterocycles. The Labute approximate surface area is 431 Å². The monoisotopic (exact) mass is 941 g/mol. The highest BCUT2D eigenvalue weighted by Crippen LogP contribution is 2.39. The quantitative estimate of drug-likeness (QED) is 0.116. The summed E-state index contributed by atoms with van der Waals surface area (Å²) in [7, 11) is 0. The minimum atomic E-state index is 0.538. The van der Waals surface area contributed by atoms with Gasteiger partial charge in [0.25, 0.3) is 0 Å². The lowest BCUT2D eigenvalue weighted by Crippen LogP contribution is -1.87. The average molecular weight is 942 g/mol. The van der Waals surface area contributed by atoms with Gasteiger partial charge in [-0.25, -0.2) is 0 Å². The first-order valence-electron chi connectivity index (χ1n) is 26.4. The summed E-state index contributed by atoms with van der Waals surface area (Å²) in [4.78, 5) is 0. The van der Waals surface area contributed by atoms with Gasteiger partial charge in [-0.05, 0) is 139 Å². The molecule has 4 rings (SSSR count). The molecule has 0 N–H and O–H groups in total. The summed E-state index contributed by atoms with van der Waals surface area (Å²) in [6, 6.07) is 17.2. The van der Waals surface area contributed by atoms with E-state index in [0.717, 1.165) is 30.8 Å². The molecule has 3 aromatic rings. The molecule has 0 bridgehead atoms. The van der Waals surface area contributed by atoms with Gasteiger partial charge in [-0.15, -0.1) is 13.2 Å². The molecule has 1 heterocycles. The van der Waals surface area contributed by atoms with Gasteiger partial charge in [-0.3, -0.25) is 0 Å². The molecule has 1 heteroatoms. The van der Waals surface area contributed by atoms with E-state index in [1.54, 1.807) is 0 Å². The molecule has 2 aromatic carbocycles. The first-order chi connectivity index (χ1) is 33.5. The van der Waals surface area contributed by atoms with Crippen LogP contribution in [0.5, 0.6) is 0 Å². The zero-order valence-corrected chi connectivity index (χ0v) is 49.1. The fraction of sp³-hybridized carbons (Fsp3) is 0.412. The van der Waals surface area contributed by atoms with E-state index in [2.05, 4.69) is 186 Å². The zero-order valence-electron chi connectivity index (χ0n) is 49.1. The Morgan fingerprint density at radius 3 is 1.71 bits per heavy atom. The van der Waals surface area contributed by atoms with E-state index in [0.29, 0.717) is 5.92 Å². The predicted molar refractivity (Wildman–Crippen MR) is 327 cm³/mol. The normalized spacial score (nSPS) is 11.9. The molecule has 1 atom stereocenters. The Bertz CT molecular complexity index is 1950. The lowest BCUT2D eigenvalue weighted by molar-refractivity contribution is 0.540. The summed E-state index contributed by atoms with van der Waals surface area (Å²) in [5.74, 6) is 2.67. The third-order valence-electron chi connectivity index (χ3n) is 9.56. The Hall–Kier alpha value is -5.40. The predicted octanol–water partition coefficient (Wildman–Crippen LogP) is 23.5.